The minimum absolute atomic E-state index is 0. The number of unbranched alkanes of at least 4 members (excludes halogenated alkanes) is 2. The maximum atomic E-state index is 9.08. The fourth-order valence-electron chi connectivity index (χ4n) is 2.53. The van der Waals surface area contributed by atoms with Crippen molar-refractivity contribution in [1.29, 1.82) is 0 Å². The number of nitrogens with one attached hydrogen (secondary N) is 1. The van der Waals surface area contributed by atoms with E-state index in [4.69, 9.17) is 9.84 Å². The summed E-state index contributed by atoms with van der Waals surface area (Å²) in [6, 6.07) is 8.75. The lowest BCUT2D eigenvalue weighted by Crippen LogP contribution is -2.24. The molecule has 1 aliphatic rings. The second-order valence-electron chi connectivity index (χ2n) is 5.74. The normalized spacial score (nSPS) is 21.2. The molecule has 124 valence electrons. The van der Waals surface area contributed by atoms with Gasteiger partial charge in [-0.25, -0.2) is 0 Å². The number of hydrogen-bond donors (Lipinski definition) is 2. The lowest BCUT2D eigenvalue weighted by atomic mass is 10.1. The molecule has 4 heteroatoms. The van der Waals surface area contributed by atoms with Gasteiger partial charge >= 0.3 is 0 Å². The molecule has 1 saturated heterocycles. The van der Waals surface area contributed by atoms with Crippen molar-refractivity contribution in [2.24, 2.45) is 0 Å². The van der Waals surface area contributed by atoms with E-state index in [0.29, 0.717) is 6.61 Å². The number of benzene rings is 1. The number of hydrogen-bond acceptors (Lipinski definition) is 3. The number of allylic oxidation sites excluding steroid dienone is 1. The fraction of sp³-hybridized carbons (Fsp3) is 0.556. The molecule has 2 N–H and O–H groups in total. The smallest absolute Gasteiger partial charge is 0.0721 e. The van der Waals surface area contributed by atoms with Gasteiger partial charge in [-0.15, -0.1) is 12.4 Å². The van der Waals surface area contributed by atoms with Crippen molar-refractivity contribution in [3.05, 3.63) is 41.5 Å². The summed E-state index contributed by atoms with van der Waals surface area (Å²) in [5, 5.41) is 12.3. The van der Waals surface area contributed by atoms with E-state index in [0.717, 1.165) is 19.4 Å². The van der Waals surface area contributed by atoms with Gasteiger partial charge in [0.25, 0.3) is 0 Å². The first-order valence-corrected chi connectivity index (χ1v) is 8.03. The van der Waals surface area contributed by atoms with Gasteiger partial charge < -0.3 is 15.2 Å². The molecule has 0 aromatic heterocycles. The first-order chi connectivity index (χ1) is 10.3. The summed E-state index contributed by atoms with van der Waals surface area (Å²) in [6.45, 7) is 3.89. The lowest BCUT2D eigenvalue weighted by Gasteiger charge is -2.11. The van der Waals surface area contributed by atoms with E-state index in [-0.39, 0.29) is 31.2 Å². The molecule has 0 radical (unpaired) electrons. The van der Waals surface area contributed by atoms with Crippen LogP contribution in [0, 0.1) is 0 Å². The van der Waals surface area contributed by atoms with E-state index in [1.807, 2.05) is 0 Å². The van der Waals surface area contributed by atoms with E-state index < -0.39 is 0 Å². The van der Waals surface area contributed by atoms with Crippen LogP contribution in [0.3, 0.4) is 0 Å². The summed E-state index contributed by atoms with van der Waals surface area (Å²) in [5.74, 6) is 0. The first kappa shape index (κ1) is 19.2. The van der Waals surface area contributed by atoms with Gasteiger partial charge in [-0.3, -0.25) is 0 Å². The molecule has 1 aliphatic heterocycles. The number of ether oxygens (including phenoxy) is 1. The Labute approximate surface area is 140 Å². The van der Waals surface area contributed by atoms with Crippen molar-refractivity contribution in [3.63, 3.8) is 0 Å². The number of halogens is 1. The Morgan fingerprint density at radius 3 is 2.73 bits per heavy atom. The Bertz CT molecular complexity index is 433. The molecular formula is C18H28ClNO2. The van der Waals surface area contributed by atoms with Gasteiger partial charge in [0, 0.05) is 12.6 Å². The van der Waals surface area contributed by atoms with Gasteiger partial charge in [0.2, 0.25) is 0 Å². The van der Waals surface area contributed by atoms with Crippen molar-refractivity contribution in [2.75, 3.05) is 13.2 Å². The van der Waals surface area contributed by atoms with Gasteiger partial charge in [0.05, 0.1) is 19.3 Å². The molecule has 2 rings (SSSR count). The predicted octanol–water partition coefficient (Wildman–Crippen LogP) is 3.55. The van der Waals surface area contributed by atoms with Crippen LogP contribution in [0.5, 0.6) is 0 Å². The Morgan fingerprint density at radius 2 is 2.09 bits per heavy atom. The molecule has 0 amide bonds. The zero-order valence-corrected chi connectivity index (χ0v) is 14.1. The molecule has 0 aliphatic carbocycles. The Hall–Kier alpha value is -0.870. The van der Waals surface area contributed by atoms with Crippen LogP contribution in [-0.4, -0.2) is 30.4 Å². The van der Waals surface area contributed by atoms with Gasteiger partial charge in [0.1, 0.15) is 0 Å². The molecule has 2 atom stereocenters. The highest BCUT2D eigenvalue weighted by Crippen LogP contribution is 2.14. The second kappa shape index (κ2) is 10.8. The summed E-state index contributed by atoms with van der Waals surface area (Å²) >= 11 is 0. The highest BCUT2D eigenvalue weighted by Gasteiger charge is 2.23. The monoisotopic (exact) mass is 325 g/mol. The van der Waals surface area contributed by atoms with Crippen molar-refractivity contribution in [2.45, 2.75) is 51.4 Å². The van der Waals surface area contributed by atoms with Gasteiger partial charge in [0.15, 0.2) is 0 Å². The van der Waals surface area contributed by atoms with E-state index in [2.05, 4.69) is 48.7 Å². The average Bonchev–Trinajstić information content (AvgIpc) is 2.99. The summed E-state index contributed by atoms with van der Waals surface area (Å²) < 4.78 is 5.88. The average molecular weight is 326 g/mol. The van der Waals surface area contributed by atoms with Crippen LogP contribution in [-0.2, 0) is 11.3 Å². The molecule has 0 saturated carbocycles. The third-order valence-corrected chi connectivity index (χ3v) is 3.90. The maximum absolute atomic E-state index is 9.08. The summed E-state index contributed by atoms with van der Waals surface area (Å²) in [5.41, 5.74) is 2.45. The van der Waals surface area contributed by atoms with Crippen LogP contribution in [0.1, 0.15) is 43.7 Å². The van der Waals surface area contributed by atoms with Gasteiger partial charge in [-0.2, -0.15) is 0 Å². The molecule has 1 fully saturated rings. The van der Waals surface area contributed by atoms with Crippen LogP contribution in [0.4, 0.5) is 0 Å². The highest BCUT2D eigenvalue weighted by molar-refractivity contribution is 5.85. The number of rotatable bonds is 8. The molecule has 22 heavy (non-hydrogen) atoms. The zero-order valence-electron chi connectivity index (χ0n) is 13.3. The minimum atomic E-state index is 0. The van der Waals surface area contributed by atoms with Crippen LogP contribution in [0.25, 0.3) is 6.08 Å². The number of aliphatic hydroxyl groups is 1. The standard InChI is InChI=1S/C18H27NO2.ClH/c1-2-3-4-5-6-15-7-9-16(10-8-15)14-21-18-11-17(13-20)19-12-18;/h5-10,17-20H,2-4,11-14H2,1H3;1H/b6-5+;/t17-,18+;/m0./s1. The first-order valence-electron chi connectivity index (χ1n) is 8.03. The topological polar surface area (TPSA) is 41.5 Å². The summed E-state index contributed by atoms with van der Waals surface area (Å²) in [4.78, 5) is 0. The van der Waals surface area contributed by atoms with Crippen molar-refractivity contribution in [3.8, 4) is 0 Å². The molecular weight excluding hydrogens is 298 g/mol. The molecule has 0 unspecified atom stereocenters. The molecule has 0 spiro atoms. The van der Waals surface area contributed by atoms with E-state index in [9.17, 15) is 0 Å². The van der Waals surface area contributed by atoms with Gasteiger partial charge in [-0.05, 0) is 24.0 Å². The largest absolute Gasteiger partial charge is 0.395 e. The molecule has 0 bridgehead atoms. The van der Waals surface area contributed by atoms with E-state index >= 15 is 0 Å². The SMILES string of the molecule is CCCC/C=C/c1ccc(CO[C@H]2CN[C@H](CO)C2)cc1.Cl. The van der Waals surface area contributed by atoms with Crippen molar-refractivity contribution < 1.29 is 9.84 Å². The third kappa shape index (κ3) is 6.49. The van der Waals surface area contributed by atoms with E-state index in [1.165, 1.54) is 24.0 Å². The van der Waals surface area contributed by atoms with Crippen LogP contribution in [0.15, 0.2) is 30.3 Å². The summed E-state index contributed by atoms with van der Waals surface area (Å²) in [7, 11) is 0. The molecule has 3 nitrogen and oxygen atoms in total. The van der Waals surface area contributed by atoms with Crippen molar-refractivity contribution >= 4 is 18.5 Å². The number of aliphatic hydroxyl groups excluding tert-OH is 1. The van der Waals surface area contributed by atoms with Gasteiger partial charge in [-0.1, -0.05) is 56.2 Å². The van der Waals surface area contributed by atoms with Crippen LogP contribution in [0.2, 0.25) is 0 Å². The lowest BCUT2D eigenvalue weighted by molar-refractivity contribution is 0.0512. The maximum Gasteiger partial charge on any atom is 0.0721 e. The van der Waals surface area contributed by atoms with Crippen LogP contribution < -0.4 is 5.32 Å². The molecule has 1 aromatic rings. The molecule has 1 aromatic carbocycles. The summed E-state index contributed by atoms with van der Waals surface area (Å²) in [6.07, 6.45) is 9.20. The van der Waals surface area contributed by atoms with Crippen LogP contribution >= 0.6 is 12.4 Å². The highest BCUT2D eigenvalue weighted by atomic mass is 35.5. The third-order valence-electron chi connectivity index (χ3n) is 3.90. The Kier molecular flexibility index (Phi) is 9.41. The quantitative estimate of drug-likeness (QED) is 0.718. The zero-order chi connectivity index (χ0) is 14.9. The Morgan fingerprint density at radius 1 is 1.32 bits per heavy atom. The van der Waals surface area contributed by atoms with E-state index in [1.54, 1.807) is 0 Å². The Balaban J connectivity index is 0.00000242. The molecule has 1 heterocycles. The van der Waals surface area contributed by atoms with Crippen molar-refractivity contribution in [1.82, 2.24) is 5.32 Å². The second-order valence-corrected chi connectivity index (χ2v) is 5.74. The minimum Gasteiger partial charge on any atom is -0.395 e. The fourth-order valence-corrected chi connectivity index (χ4v) is 2.53. The predicted molar refractivity (Wildman–Crippen MR) is 94.3 cm³/mol.